The number of hydrogen-bond acceptors (Lipinski definition) is 3. The average Bonchev–Trinajstić information content (AvgIpc) is 2.77. The standard InChI is InChI=1S/C16H19Cl2NO2/c1-3-4-19-9-12-5-16(21-11(12)2)10-20-15-7-13(17)6-14(18)8-15/h5-8,19H,3-4,9-10H2,1-2H3. The molecule has 1 aromatic carbocycles. The monoisotopic (exact) mass is 327 g/mol. The van der Waals surface area contributed by atoms with Gasteiger partial charge in [-0.15, -0.1) is 0 Å². The second kappa shape index (κ2) is 7.74. The van der Waals surface area contributed by atoms with E-state index in [9.17, 15) is 0 Å². The number of hydrogen-bond donors (Lipinski definition) is 1. The zero-order valence-corrected chi connectivity index (χ0v) is 13.7. The van der Waals surface area contributed by atoms with Gasteiger partial charge >= 0.3 is 0 Å². The first-order valence-corrected chi connectivity index (χ1v) is 7.72. The molecule has 21 heavy (non-hydrogen) atoms. The molecule has 0 spiro atoms. The number of furan rings is 1. The number of halogens is 2. The number of nitrogens with one attached hydrogen (secondary N) is 1. The SMILES string of the molecule is CCCNCc1cc(COc2cc(Cl)cc(Cl)c2)oc1C. The fourth-order valence-corrected chi connectivity index (χ4v) is 2.51. The van der Waals surface area contributed by atoms with E-state index >= 15 is 0 Å². The molecule has 0 amide bonds. The summed E-state index contributed by atoms with van der Waals surface area (Å²) in [7, 11) is 0. The van der Waals surface area contributed by atoms with E-state index in [4.69, 9.17) is 32.4 Å². The molecule has 0 aliphatic rings. The highest BCUT2D eigenvalue weighted by Gasteiger charge is 2.08. The van der Waals surface area contributed by atoms with E-state index < -0.39 is 0 Å². The molecule has 0 radical (unpaired) electrons. The van der Waals surface area contributed by atoms with Crippen LogP contribution >= 0.6 is 23.2 Å². The Morgan fingerprint density at radius 3 is 2.52 bits per heavy atom. The number of aryl methyl sites for hydroxylation is 1. The Balaban J connectivity index is 1.95. The largest absolute Gasteiger partial charge is 0.486 e. The summed E-state index contributed by atoms with van der Waals surface area (Å²) < 4.78 is 11.4. The molecule has 0 atom stereocenters. The molecule has 0 aliphatic carbocycles. The number of ether oxygens (including phenoxy) is 1. The zero-order chi connectivity index (χ0) is 15.2. The van der Waals surface area contributed by atoms with Crippen molar-refractivity contribution in [2.75, 3.05) is 6.54 Å². The first kappa shape index (κ1) is 16.2. The molecule has 0 aliphatic heterocycles. The minimum absolute atomic E-state index is 0.352. The fraction of sp³-hybridized carbons (Fsp3) is 0.375. The van der Waals surface area contributed by atoms with Crippen LogP contribution in [0.4, 0.5) is 0 Å². The molecular weight excluding hydrogens is 309 g/mol. The van der Waals surface area contributed by atoms with Crippen LogP contribution in [-0.2, 0) is 13.2 Å². The lowest BCUT2D eigenvalue weighted by Crippen LogP contribution is -2.13. The van der Waals surface area contributed by atoms with Gasteiger partial charge in [0.2, 0.25) is 0 Å². The summed E-state index contributed by atoms with van der Waals surface area (Å²) in [5.41, 5.74) is 1.16. The Hall–Kier alpha value is -1.16. The van der Waals surface area contributed by atoms with Crippen LogP contribution in [0.3, 0.4) is 0 Å². The van der Waals surface area contributed by atoms with Gasteiger partial charge in [0, 0.05) is 22.2 Å². The van der Waals surface area contributed by atoms with Gasteiger partial charge in [-0.25, -0.2) is 0 Å². The van der Waals surface area contributed by atoms with Crippen LogP contribution < -0.4 is 10.1 Å². The molecule has 5 heteroatoms. The van der Waals surface area contributed by atoms with Crippen LogP contribution in [0.5, 0.6) is 5.75 Å². The van der Waals surface area contributed by atoms with Crippen molar-refractivity contribution in [3.05, 3.63) is 51.4 Å². The van der Waals surface area contributed by atoms with Crippen molar-refractivity contribution in [3.8, 4) is 5.75 Å². The highest BCUT2D eigenvalue weighted by Crippen LogP contribution is 2.25. The van der Waals surface area contributed by atoms with Gasteiger partial charge in [0.1, 0.15) is 23.9 Å². The molecule has 0 saturated heterocycles. The van der Waals surface area contributed by atoms with Crippen LogP contribution in [0.15, 0.2) is 28.7 Å². The van der Waals surface area contributed by atoms with Gasteiger partial charge in [-0.1, -0.05) is 30.1 Å². The van der Waals surface area contributed by atoms with E-state index in [-0.39, 0.29) is 0 Å². The Kier molecular flexibility index (Phi) is 5.97. The Morgan fingerprint density at radius 1 is 1.14 bits per heavy atom. The van der Waals surface area contributed by atoms with Gasteiger partial charge in [0.25, 0.3) is 0 Å². The van der Waals surface area contributed by atoms with Crippen molar-refractivity contribution in [3.63, 3.8) is 0 Å². The summed E-state index contributed by atoms with van der Waals surface area (Å²) in [5.74, 6) is 2.34. The molecule has 1 N–H and O–H groups in total. The van der Waals surface area contributed by atoms with E-state index in [2.05, 4.69) is 12.2 Å². The fourth-order valence-electron chi connectivity index (χ4n) is 2.00. The molecule has 0 saturated carbocycles. The van der Waals surface area contributed by atoms with Crippen LogP contribution in [0.1, 0.15) is 30.4 Å². The lowest BCUT2D eigenvalue weighted by atomic mass is 10.2. The molecular formula is C16H19Cl2NO2. The molecule has 0 bridgehead atoms. The lowest BCUT2D eigenvalue weighted by molar-refractivity contribution is 0.267. The van der Waals surface area contributed by atoms with Crippen molar-refractivity contribution in [1.82, 2.24) is 5.32 Å². The zero-order valence-electron chi connectivity index (χ0n) is 12.2. The van der Waals surface area contributed by atoms with Crippen LogP contribution in [0.25, 0.3) is 0 Å². The maximum absolute atomic E-state index is 5.94. The van der Waals surface area contributed by atoms with Crippen molar-refractivity contribution in [2.24, 2.45) is 0 Å². The molecule has 1 heterocycles. The smallest absolute Gasteiger partial charge is 0.146 e. The maximum Gasteiger partial charge on any atom is 0.146 e. The second-order valence-corrected chi connectivity index (χ2v) is 5.74. The van der Waals surface area contributed by atoms with Crippen molar-refractivity contribution < 1.29 is 9.15 Å². The van der Waals surface area contributed by atoms with E-state index in [0.29, 0.717) is 22.4 Å². The molecule has 1 aromatic heterocycles. The van der Waals surface area contributed by atoms with Crippen LogP contribution in [-0.4, -0.2) is 6.54 Å². The van der Waals surface area contributed by atoms with Gasteiger partial charge in [0.15, 0.2) is 0 Å². The Bertz CT molecular complexity index is 576. The third-order valence-electron chi connectivity index (χ3n) is 3.03. The predicted octanol–water partition coefficient (Wildman–Crippen LogP) is 4.97. The van der Waals surface area contributed by atoms with E-state index in [1.54, 1.807) is 18.2 Å². The van der Waals surface area contributed by atoms with Gasteiger partial charge in [-0.05, 0) is 44.2 Å². The minimum atomic E-state index is 0.352. The van der Waals surface area contributed by atoms with Gasteiger partial charge in [-0.3, -0.25) is 0 Å². The minimum Gasteiger partial charge on any atom is -0.486 e. The summed E-state index contributed by atoms with van der Waals surface area (Å²) in [6.07, 6.45) is 1.11. The van der Waals surface area contributed by atoms with Gasteiger partial charge < -0.3 is 14.5 Å². The van der Waals surface area contributed by atoms with E-state index in [1.807, 2.05) is 13.0 Å². The third-order valence-corrected chi connectivity index (χ3v) is 3.47. The second-order valence-electron chi connectivity index (χ2n) is 4.86. The van der Waals surface area contributed by atoms with Gasteiger partial charge in [0.05, 0.1) is 0 Å². The number of rotatable bonds is 7. The summed E-state index contributed by atoms with van der Waals surface area (Å²) >= 11 is 11.9. The molecule has 114 valence electrons. The maximum atomic E-state index is 5.94. The number of benzene rings is 1. The van der Waals surface area contributed by atoms with Crippen LogP contribution in [0, 0.1) is 6.92 Å². The average molecular weight is 328 g/mol. The summed E-state index contributed by atoms with van der Waals surface area (Å²) in [6.45, 7) is 6.27. The highest BCUT2D eigenvalue weighted by molar-refractivity contribution is 6.34. The first-order valence-electron chi connectivity index (χ1n) is 6.96. The highest BCUT2D eigenvalue weighted by atomic mass is 35.5. The summed E-state index contributed by atoms with van der Waals surface area (Å²) in [4.78, 5) is 0. The van der Waals surface area contributed by atoms with Crippen LogP contribution in [0.2, 0.25) is 10.0 Å². The summed E-state index contributed by atoms with van der Waals surface area (Å²) in [5, 5.41) is 4.47. The van der Waals surface area contributed by atoms with Crippen molar-refractivity contribution >= 4 is 23.2 Å². The Labute approximate surface area is 135 Å². The molecule has 0 fully saturated rings. The topological polar surface area (TPSA) is 34.4 Å². The normalized spacial score (nSPS) is 10.9. The van der Waals surface area contributed by atoms with Gasteiger partial charge in [-0.2, -0.15) is 0 Å². The predicted molar refractivity (Wildman–Crippen MR) is 86.2 cm³/mol. The van der Waals surface area contributed by atoms with Crippen molar-refractivity contribution in [1.29, 1.82) is 0 Å². The molecule has 2 rings (SSSR count). The summed E-state index contributed by atoms with van der Waals surface area (Å²) in [6, 6.07) is 7.15. The van der Waals surface area contributed by atoms with E-state index in [1.165, 1.54) is 0 Å². The molecule has 0 unspecified atom stereocenters. The first-order chi connectivity index (χ1) is 10.1. The quantitative estimate of drug-likeness (QED) is 0.729. The lowest BCUT2D eigenvalue weighted by Gasteiger charge is -2.05. The van der Waals surface area contributed by atoms with Crippen molar-refractivity contribution in [2.45, 2.75) is 33.4 Å². The molecule has 3 nitrogen and oxygen atoms in total. The third kappa shape index (κ3) is 4.95. The Morgan fingerprint density at radius 2 is 1.86 bits per heavy atom. The molecule has 2 aromatic rings. The van der Waals surface area contributed by atoms with E-state index in [0.717, 1.165) is 36.6 Å².